The Morgan fingerprint density at radius 3 is 2.50 bits per heavy atom. The van der Waals surface area contributed by atoms with Crippen molar-refractivity contribution < 1.29 is 0 Å². The molecule has 0 radical (unpaired) electrons. The molecule has 0 saturated carbocycles. The molecule has 1 rings (SSSR count). The quantitative estimate of drug-likeness (QED) is 0.605. The molecule has 1 heterocycles. The molecule has 2 nitrogen and oxygen atoms in total. The van der Waals surface area contributed by atoms with Crippen molar-refractivity contribution in [1.29, 1.82) is 0 Å². The predicted octanol–water partition coefficient (Wildman–Crippen LogP) is 1.33. The maximum Gasteiger partial charge on any atom is 0.106 e. The van der Waals surface area contributed by atoms with E-state index in [2.05, 4.69) is 27.6 Å². The van der Waals surface area contributed by atoms with Crippen LogP contribution in [-0.2, 0) is 7.05 Å². The van der Waals surface area contributed by atoms with Gasteiger partial charge < -0.3 is 4.57 Å². The lowest BCUT2D eigenvalue weighted by Gasteiger charge is -1.92. The van der Waals surface area contributed by atoms with Gasteiger partial charge in [-0.1, -0.05) is 0 Å². The minimum absolute atomic E-state index is 1.06. The van der Waals surface area contributed by atoms with Crippen LogP contribution in [0.5, 0.6) is 0 Å². The first-order valence-corrected chi connectivity index (χ1v) is 3.43. The normalized spacial score (nSPS) is 9.88. The minimum Gasteiger partial charge on any atom is -0.327 e. The second-order valence-electron chi connectivity index (χ2n) is 1.69. The molecular weight excluding hydrogens is 215 g/mol. The highest BCUT2D eigenvalue weighted by Crippen LogP contribution is 2.03. The van der Waals surface area contributed by atoms with Crippen LogP contribution in [0.2, 0.25) is 0 Å². The van der Waals surface area contributed by atoms with Gasteiger partial charge in [0.1, 0.15) is 5.82 Å². The Morgan fingerprint density at radius 2 is 2.38 bits per heavy atom. The van der Waals surface area contributed by atoms with Gasteiger partial charge in [-0.3, -0.25) is 0 Å². The van der Waals surface area contributed by atoms with Crippen LogP contribution in [0.25, 0.3) is 0 Å². The van der Waals surface area contributed by atoms with Crippen molar-refractivity contribution in [2.24, 2.45) is 7.05 Å². The summed E-state index contributed by atoms with van der Waals surface area (Å²) in [4.78, 5) is 4.07. The molecule has 0 amide bonds. The van der Waals surface area contributed by atoms with E-state index in [0.717, 1.165) is 5.82 Å². The molecule has 0 saturated heterocycles. The topological polar surface area (TPSA) is 17.8 Å². The SMILES string of the molecule is Cc1ncc(I)n1C. The number of aryl methyl sites for hydroxylation is 1. The Hall–Kier alpha value is -0.0600. The van der Waals surface area contributed by atoms with E-state index in [-0.39, 0.29) is 0 Å². The van der Waals surface area contributed by atoms with Gasteiger partial charge in [0, 0.05) is 7.05 Å². The fourth-order valence-corrected chi connectivity index (χ4v) is 0.963. The molecule has 8 heavy (non-hydrogen) atoms. The van der Waals surface area contributed by atoms with Crippen LogP contribution < -0.4 is 0 Å². The number of rotatable bonds is 0. The molecule has 0 spiro atoms. The summed E-state index contributed by atoms with van der Waals surface area (Å²) in [6.07, 6.45) is 1.86. The van der Waals surface area contributed by atoms with E-state index < -0.39 is 0 Å². The van der Waals surface area contributed by atoms with E-state index in [9.17, 15) is 0 Å². The van der Waals surface area contributed by atoms with Gasteiger partial charge in [0.05, 0.1) is 9.90 Å². The Labute approximate surface area is 62.1 Å². The number of aromatic nitrogens is 2. The third kappa shape index (κ3) is 0.866. The van der Waals surface area contributed by atoms with Crippen LogP contribution in [-0.4, -0.2) is 9.55 Å². The molecule has 0 aliphatic heterocycles. The van der Waals surface area contributed by atoms with Gasteiger partial charge in [0.15, 0.2) is 0 Å². The first-order valence-electron chi connectivity index (χ1n) is 2.35. The number of nitrogens with zero attached hydrogens (tertiary/aromatic N) is 2. The van der Waals surface area contributed by atoms with E-state index in [1.54, 1.807) is 0 Å². The lowest BCUT2D eigenvalue weighted by Crippen LogP contribution is -1.92. The van der Waals surface area contributed by atoms with Gasteiger partial charge in [0.25, 0.3) is 0 Å². The molecule has 0 aromatic carbocycles. The van der Waals surface area contributed by atoms with Crippen molar-refractivity contribution in [2.75, 3.05) is 0 Å². The summed E-state index contributed by atoms with van der Waals surface area (Å²) < 4.78 is 3.22. The average molecular weight is 222 g/mol. The van der Waals surface area contributed by atoms with Crippen molar-refractivity contribution in [2.45, 2.75) is 6.92 Å². The number of halogens is 1. The summed E-state index contributed by atoms with van der Waals surface area (Å²) in [6, 6.07) is 0. The summed E-state index contributed by atoms with van der Waals surface area (Å²) in [6.45, 7) is 1.99. The second kappa shape index (κ2) is 2.05. The first-order chi connectivity index (χ1) is 3.72. The Kier molecular flexibility index (Phi) is 1.55. The van der Waals surface area contributed by atoms with Gasteiger partial charge >= 0.3 is 0 Å². The van der Waals surface area contributed by atoms with Crippen molar-refractivity contribution in [3.63, 3.8) is 0 Å². The standard InChI is InChI=1S/C5H7IN2/c1-4-7-3-5(6)8(4)2/h3H,1-2H3. The zero-order chi connectivity index (χ0) is 6.15. The number of hydrogen-bond acceptors (Lipinski definition) is 1. The number of imidazole rings is 1. The van der Waals surface area contributed by atoms with Crippen molar-refractivity contribution in [3.05, 3.63) is 15.7 Å². The van der Waals surface area contributed by atoms with E-state index in [1.165, 1.54) is 3.70 Å². The first kappa shape index (κ1) is 6.07. The lowest BCUT2D eigenvalue weighted by atomic mass is 10.7. The summed E-state index contributed by atoms with van der Waals surface area (Å²) in [5.74, 6) is 1.06. The van der Waals surface area contributed by atoms with E-state index in [0.29, 0.717) is 0 Å². The summed E-state index contributed by atoms with van der Waals surface area (Å²) in [7, 11) is 2.00. The largest absolute Gasteiger partial charge is 0.327 e. The van der Waals surface area contributed by atoms with Crippen molar-refractivity contribution >= 4 is 22.6 Å². The fourth-order valence-electron chi connectivity index (χ4n) is 0.474. The molecule has 0 unspecified atom stereocenters. The predicted molar refractivity (Wildman–Crippen MR) is 40.7 cm³/mol. The lowest BCUT2D eigenvalue weighted by molar-refractivity contribution is 0.838. The molecule has 0 N–H and O–H groups in total. The van der Waals surface area contributed by atoms with E-state index in [4.69, 9.17) is 0 Å². The molecule has 0 bridgehead atoms. The van der Waals surface area contributed by atoms with Gasteiger partial charge in [0.2, 0.25) is 0 Å². The second-order valence-corrected chi connectivity index (χ2v) is 2.79. The van der Waals surface area contributed by atoms with Crippen LogP contribution in [0.1, 0.15) is 5.82 Å². The van der Waals surface area contributed by atoms with Crippen LogP contribution in [0, 0.1) is 10.6 Å². The third-order valence-corrected chi connectivity index (χ3v) is 2.17. The highest BCUT2D eigenvalue weighted by Gasteiger charge is 1.94. The molecule has 0 atom stereocenters. The highest BCUT2D eigenvalue weighted by atomic mass is 127. The van der Waals surface area contributed by atoms with Crippen LogP contribution in [0.15, 0.2) is 6.20 Å². The van der Waals surface area contributed by atoms with E-state index in [1.807, 2.05) is 24.7 Å². The molecule has 0 aliphatic rings. The van der Waals surface area contributed by atoms with Gasteiger partial charge in [-0.05, 0) is 29.5 Å². The minimum atomic E-state index is 1.06. The zero-order valence-corrected chi connectivity index (χ0v) is 7.01. The smallest absolute Gasteiger partial charge is 0.106 e. The summed E-state index contributed by atoms with van der Waals surface area (Å²) in [5, 5.41) is 0. The molecule has 0 fully saturated rings. The van der Waals surface area contributed by atoms with Crippen molar-refractivity contribution in [1.82, 2.24) is 9.55 Å². The van der Waals surface area contributed by atoms with Gasteiger partial charge in [-0.15, -0.1) is 0 Å². The maximum atomic E-state index is 4.07. The number of hydrogen-bond donors (Lipinski definition) is 0. The highest BCUT2D eigenvalue weighted by molar-refractivity contribution is 14.1. The zero-order valence-electron chi connectivity index (χ0n) is 4.85. The van der Waals surface area contributed by atoms with Crippen LogP contribution >= 0.6 is 22.6 Å². The molecule has 1 aromatic rings. The average Bonchev–Trinajstić information content (AvgIpc) is 1.98. The van der Waals surface area contributed by atoms with Crippen molar-refractivity contribution in [3.8, 4) is 0 Å². The summed E-state index contributed by atoms with van der Waals surface area (Å²) >= 11 is 2.25. The fraction of sp³-hybridized carbons (Fsp3) is 0.400. The maximum absolute atomic E-state index is 4.07. The van der Waals surface area contributed by atoms with Crippen LogP contribution in [0.4, 0.5) is 0 Å². The molecule has 3 heteroatoms. The Morgan fingerprint density at radius 1 is 1.75 bits per heavy atom. The van der Waals surface area contributed by atoms with Crippen LogP contribution in [0.3, 0.4) is 0 Å². The van der Waals surface area contributed by atoms with Gasteiger partial charge in [-0.2, -0.15) is 0 Å². The Bertz CT molecular complexity index is 173. The van der Waals surface area contributed by atoms with E-state index >= 15 is 0 Å². The molecule has 44 valence electrons. The van der Waals surface area contributed by atoms with Gasteiger partial charge in [-0.25, -0.2) is 4.98 Å². The summed E-state index contributed by atoms with van der Waals surface area (Å²) in [5.41, 5.74) is 0. The Balaban J connectivity index is 3.19. The molecule has 1 aromatic heterocycles. The molecular formula is C5H7IN2. The third-order valence-electron chi connectivity index (χ3n) is 1.16. The molecule has 0 aliphatic carbocycles. The monoisotopic (exact) mass is 222 g/mol.